The van der Waals surface area contributed by atoms with E-state index in [1.54, 1.807) is 7.11 Å². The monoisotopic (exact) mass is 277 g/mol. The van der Waals surface area contributed by atoms with Gasteiger partial charge in [0.25, 0.3) is 0 Å². The summed E-state index contributed by atoms with van der Waals surface area (Å²) in [5.41, 5.74) is 1.26. The Morgan fingerprint density at radius 2 is 2.20 bits per heavy atom. The van der Waals surface area contributed by atoms with Crippen molar-refractivity contribution in [2.45, 2.75) is 52.2 Å². The second-order valence-electron chi connectivity index (χ2n) is 5.69. The second kappa shape index (κ2) is 6.98. The zero-order valence-corrected chi connectivity index (χ0v) is 13.1. The maximum Gasteiger partial charge on any atom is 0.128 e. The molecule has 3 nitrogen and oxygen atoms in total. The Morgan fingerprint density at radius 3 is 2.85 bits per heavy atom. The van der Waals surface area contributed by atoms with E-state index in [1.165, 1.54) is 5.56 Å². The molecule has 0 aliphatic carbocycles. The highest BCUT2D eigenvalue weighted by Crippen LogP contribution is 2.39. The van der Waals surface area contributed by atoms with Crippen LogP contribution in [0.25, 0.3) is 0 Å². The Kier molecular flexibility index (Phi) is 5.30. The third kappa shape index (κ3) is 3.26. The van der Waals surface area contributed by atoms with Gasteiger partial charge in [-0.1, -0.05) is 33.3 Å². The van der Waals surface area contributed by atoms with Gasteiger partial charge in [-0.25, -0.2) is 0 Å². The lowest BCUT2D eigenvalue weighted by atomic mass is 9.89. The van der Waals surface area contributed by atoms with Crippen molar-refractivity contribution in [3.63, 3.8) is 0 Å². The number of rotatable bonds is 6. The lowest BCUT2D eigenvalue weighted by Gasteiger charge is -2.35. The minimum absolute atomic E-state index is 0.286. The second-order valence-corrected chi connectivity index (χ2v) is 5.69. The molecule has 112 valence electrons. The average molecular weight is 277 g/mol. The molecule has 3 heteroatoms. The van der Waals surface area contributed by atoms with Crippen molar-refractivity contribution in [2.24, 2.45) is 5.92 Å². The number of nitrogens with one attached hydrogen (secondary N) is 1. The molecule has 1 aromatic carbocycles. The van der Waals surface area contributed by atoms with Crippen LogP contribution >= 0.6 is 0 Å². The summed E-state index contributed by atoms with van der Waals surface area (Å²) in [4.78, 5) is 0. The molecule has 1 aliphatic heterocycles. The van der Waals surface area contributed by atoms with E-state index in [0.717, 1.165) is 37.3 Å². The minimum Gasteiger partial charge on any atom is -0.497 e. The van der Waals surface area contributed by atoms with E-state index in [-0.39, 0.29) is 6.10 Å². The third-order valence-electron chi connectivity index (χ3n) is 4.26. The predicted octanol–water partition coefficient (Wildman–Crippen LogP) is 3.93. The van der Waals surface area contributed by atoms with Crippen molar-refractivity contribution in [3.05, 3.63) is 23.8 Å². The van der Waals surface area contributed by atoms with E-state index in [4.69, 9.17) is 9.47 Å². The zero-order chi connectivity index (χ0) is 14.5. The molecule has 1 aromatic rings. The van der Waals surface area contributed by atoms with E-state index in [2.05, 4.69) is 32.2 Å². The standard InChI is InChI=1S/C17H27NO2/c1-5-9-18-15-11-16(12(3)6-2)20-17-10-13(19-4)7-8-14(15)17/h7-8,10,12,15-16,18H,5-6,9,11H2,1-4H3. The van der Waals surface area contributed by atoms with Gasteiger partial charge in [0.05, 0.1) is 7.11 Å². The molecule has 20 heavy (non-hydrogen) atoms. The Labute approximate surface area is 122 Å². The van der Waals surface area contributed by atoms with Crippen LogP contribution in [0.3, 0.4) is 0 Å². The lowest BCUT2D eigenvalue weighted by molar-refractivity contribution is 0.0976. The zero-order valence-electron chi connectivity index (χ0n) is 13.1. The maximum absolute atomic E-state index is 6.22. The predicted molar refractivity (Wildman–Crippen MR) is 82.5 cm³/mol. The van der Waals surface area contributed by atoms with Gasteiger partial charge >= 0.3 is 0 Å². The quantitative estimate of drug-likeness (QED) is 0.854. The molecule has 3 unspecified atom stereocenters. The van der Waals surface area contributed by atoms with E-state index < -0.39 is 0 Å². The fraction of sp³-hybridized carbons (Fsp3) is 0.647. The molecule has 0 saturated heterocycles. The van der Waals surface area contributed by atoms with Gasteiger partial charge in [-0.05, 0) is 24.9 Å². The van der Waals surface area contributed by atoms with Gasteiger partial charge in [-0.2, -0.15) is 0 Å². The fourth-order valence-corrected chi connectivity index (χ4v) is 2.73. The van der Waals surface area contributed by atoms with Crippen LogP contribution < -0.4 is 14.8 Å². The molecular weight excluding hydrogens is 250 g/mol. The summed E-state index contributed by atoms with van der Waals surface area (Å²) >= 11 is 0. The normalized spacial score (nSPS) is 22.8. The van der Waals surface area contributed by atoms with Crippen LogP contribution in [-0.2, 0) is 0 Å². The van der Waals surface area contributed by atoms with Crippen LogP contribution in [0.4, 0.5) is 0 Å². The van der Waals surface area contributed by atoms with Crippen LogP contribution in [0.15, 0.2) is 18.2 Å². The molecule has 0 aromatic heterocycles. The van der Waals surface area contributed by atoms with Crippen molar-refractivity contribution >= 4 is 0 Å². The minimum atomic E-state index is 0.286. The number of fused-ring (bicyclic) bond motifs is 1. The average Bonchev–Trinajstić information content (AvgIpc) is 2.50. The van der Waals surface area contributed by atoms with Gasteiger partial charge in [0, 0.05) is 24.1 Å². The summed E-state index contributed by atoms with van der Waals surface area (Å²) in [6.07, 6.45) is 3.63. The van der Waals surface area contributed by atoms with Gasteiger partial charge in [0.2, 0.25) is 0 Å². The van der Waals surface area contributed by atoms with Crippen molar-refractivity contribution in [1.82, 2.24) is 5.32 Å². The van der Waals surface area contributed by atoms with Crippen molar-refractivity contribution in [3.8, 4) is 11.5 Å². The van der Waals surface area contributed by atoms with Crippen molar-refractivity contribution in [1.29, 1.82) is 0 Å². The molecule has 0 spiro atoms. The first kappa shape index (κ1) is 15.2. The number of hydrogen-bond donors (Lipinski definition) is 1. The number of benzene rings is 1. The van der Waals surface area contributed by atoms with E-state index in [9.17, 15) is 0 Å². The van der Waals surface area contributed by atoms with Gasteiger partial charge in [0.1, 0.15) is 17.6 Å². The van der Waals surface area contributed by atoms with Gasteiger partial charge in [-0.15, -0.1) is 0 Å². The SMILES string of the molecule is CCCNC1CC(C(C)CC)Oc2cc(OC)ccc21. The third-order valence-corrected chi connectivity index (χ3v) is 4.26. The summed E-state index contributed by atoms with van der Waals surface area (Å²) in [5, 5.41) is 3.65. The first-order chi connectivity index (χ1) is 9.69. The number of methoxy groups -OCH3 is 1. The number of ether oxygens (including phenoxy) is 2. The van der Waals surface area contributed by atoms with E-state index in [1.807, 2.05) is 12.1 Å². The number of hydrogen-bond acceptors (Lipinski definition) is 3. The molecule has 0 saturated carbocycles. The fourth-order valence-electron chi connectivity index (χ4n) is 2.73. The van der Waals surface area contributed by atoms with Crippen LogP contribution in [-0.4, -0.2) is 19.8 Å². The first-order valence-electron chi connectivity index (χ1n) is 7.77. The summed E-state index contributed by atoms with van der Waals surface area (Å²) in [5.74, 6) is 2.41. The highest BCUT2D eigenvalue weighted by atomic mass is 16.5. The Morgan fingerprint density at radius 1 is 1.40 bits per heavy atom. The molecule has 0 radical (unpaired) electrons. The molecule has 1 aliphatic rings. The summed E-state index contributed by atoms with van der Waals surface area (Å²) in [6, 6.07) is 6.56. The molecule has 0 bridgehead atoms. The molecular formula is C17H27NO2. The van der Waals surface area contributed by atoms with Crippen molar-refractivity contribution in [2.75, 3.05) is 13.7 Å². The lowest BCUT2D eigenvalue weighted by Crippen LogP contribution is -2.36. The molecule has 0 fully saturated rings. The summed E-state index contributed by atoms with van der Waals surface area (Å²) < 4.78 is 11.5. The molecule has 2 rings (SSSR count). The van der Waals surface area contributed by atoms with Crippen molar-refractivity contribution < 1.29 is 9.47 Å². The Hall–Kier alpha value is -1.22. The van der Waals surface area contributed by atoms with Crippen LogP contribution in [0.1, 0.15) is 51.6 Å². The first-order valence-corrected chi connectivity index (χ1v) is 7.77. The smallest absolute Gasteiger partial charge is 0.128 e. The van der Waals surface area contributed by atoms with E-state index >= 15 is 0 Å². The highest BCUT2D eigenvalue weighted by molar-refractivity contribution is 5.44. The van der Waals surface area contributed by atoms with Gasteiger partial charge in [-0.3, -0.25) is 0 Å². The van der Waals surface area contributed by atoms with Gasteiger partial charge < -0.3 is 14.8 Å². The molecule has 1 heterocycles. The van der Waals surface area contributed by atoms with E-state index in [0.29, 0.717) is 12.0 Å². The maximum atomic E-state index is 6.22. The highest BCUT2D eigenvalue weighted by Gasteiger charge is 2.30. The topological polar surface area (TPSA) is 30.5 Å². The largest absolute Gasteiger partial charge is 0.497 e. The summed E-state index contributed by atoms with van der Waals surface area (Å²) in [7, 11) is 1.70. The molecule has 1 N–H and O–H groups in total. The van der Waals surface area contributed by atoms with Crippen LogP contribution in [0, 0.1) is 5.92 Å². The summed E-state index contributed by atoms with van der Waals surface area (Å²) in [6.45, 7) is 7.74. The molecule has 0 amide bonds. The van der Waals surface area contributed by atoms with Gasteiger partial charge in [0.15, 0.2) is 0 Å². The Balaban J connectivity index is 2.25. The Bertz CT molecular complexity index is 433. The molecule has 3 atom stereocenters. The van der Waals surface area contributed by atoms with Crippen LogP contribution in [0.5, 0.6) is 11.5 Å². The van der Waals surface area contributed by atoms with Crippen LogP contribution in [0.2, 0.25) is 0 Å².